The normalized spacial score (nSPS) is 11.2. The van der Waals surface area contributed by atoms with Gasteiger partial charge in [-0.1, -0.05) is 59.1 Å². The lowest BCUT2D eigenvalue weighted by Crippen LogP contribution is -2.41. The van der Waals surface area contributed by atoms with Crippen LogP contribution in [0.4, 0.5) is 5.69 Å². The minimum Gasteiger partial charge on any atom is -0.354 e. The number of aryl methyl sites for hydroxylation is 2. The van der Waals surface area contributed by atoms with Crippen LogP contribution < -0.4 is 9.62 Å². The molecule has 31 heavy (non-hydrogen) atoms. The number of carbonyl (C=O) groups is 1. The van der Waals surface area contributed by atoms with Crippen LogP contribution in [-0.4, -0.2) is 27.4 Å². The van der Waals surface area contributed by atoms with E-state index in [9.17, 15) is 13.2 Å². The average Bonchev–Trinajstić information content (AvgIpc) is 2.74. The second-order valence-corrected chi connectivity index (χ2v) is 9.69. The lowest BCUT2D eigenvalue weighted by Gasteiger charge is -2.24. The van der Waals surface area contributed by atoms with Crippen molar-refractivity contribution in [3.8, 4) is 0 Å². The van der Waals surface area contributed by atoms with Gasteiger partial charge in [-0.05, 0) is 62.2 Å². The van der Waals surface area contributed by atoms with Gasteiger partial charge < -0.3 is 5.32 Å². The molecule has 0 saturated carbocycles. The Morgan fingerprint density at radius 3 is 2.00 bits per heavy atom. The second kappa shape index (κ2) is 9.98. The largest absolute Gasteiger partial charge is 0.354 e. The molecule has 0 heterocycles. The summed E-state index contributed by atoms with van der Waals surface area (Å²) in [5, 5.41) is 3.47. The third kappa shape index (κ3) is 6.09. The van der Waals surface area contributed by atoms with Crippen molar-refractivity contribution in [1.29, 1.82) is 0 Å². The Morgan fingerprint density at radius 2 is 1.42 bits per heavy atom. The third-order valence-electron chi connectivity index (χ3n) is 4.87. The number of carbonyl (C=O) groups excluding carboxylic acids is 1. The van der Waals surface area contributed by atoms with Crippen LogP contribution >= 0.6 is 11.6 Å². The van der Waals surface area contributed by atoms with E-state index in [1.54, 1.807) is 48.5 Å². The van der Waals surface area contributed by atoms with Gasteiger partial charge in [-0.25, -0.2) is 8.42 Å². The Hall–Kier alpha value is -2.83. The van der Waals surface area contributed by atoms with E-state index in [0.717, 1.165) is 21.0 Å². The summed E-state index contributed by atoms with van der Waals surface area (Å²) in [6.45, 7) is 3.90. The minimum atomic E-state index is -3.90. The van der Waals surface area contributed by atoms with Crippen molar-refractivity contribution in [3.05, 3.63) is 94.5 Å². The van der Waals surface area contributed by atoms with E-state index < -0.39 is 10.0 Å². The maximum atomic E-state index is 13.3. The quantitative estimate of drug-likeness (QED) is 0.542. The molecule has 7 heteroatoms. The molecule has 0 saturated heterocycles. The Bertz CT molecular complexity index is 1130. The van der Waals surface area contributed by atoms with Crippen molar-refractivity contribution in [1.82, 2.24) is 5.32 Å². The van der Waals surface area contributed by atoms with Crippen molar-refractivity contribution >= 4 is 33.2 Å². The highest BCUT2D eigenvalue weighted by atomic mass is 35.5. The summed E-state index contributed by atoms with van der Waals surface area (Å²) in [6, 6.07) is 21.1. The number of anilines is 1. The Balaban J connectivity index is 1.76. The molecule has 3 aromatic rings. The first-order chi connectivity index (χ1) is 14.8. The van der Waals surface area contributed by atoms with Gasteiger partial charge in [0, 0.05) is 11.6 Å². The summed E-state index contributed by atoms with van der Waals surface area (Å²) in [7, 11) is -3.90. The SMILES string of the molecule is Cc1ccc(N(CC(=O)NCCc2ccc(Cl)cc2)S(=O)(=O)c2ccc(C)cc2)cc1. The molecule has 0 atom stereocenters. The minimum absolute atomic E-state index is 0.146. The third-order valence-corrected chi connectivity index (χ3v) is 6.91. The summed E-state index contributed by atoms with van der Waals surface area (Å²) in [6.07, 6.45) is 0.623. The lowest BCUT2D eigenvalue weighted by molar-refractivity contribution is -0.119. The molecule has 0 aliphatic carbocycles. The lowest BCUT2D eigenvalue weighted by atomic mass is 10.1. The zero-order chi connectivity index (χ0) is 22.4. The van der Waals surface area contributed by atoms with Crippen LogP contribution in [0.5, 0.6) is 0 Å². The number of nitrogens with one attached hydrogen (secondary N) is 1. The van der Waals surface area contributed by atoms with Gasteiger partial charge in [0.1, 0.15) is 6.54 Å². The number of nitrogens with zero attached hydrogens (tertiary/aromatic N) is 1. The van der Waals surface area contributed by atoms with Crippen LogP contribution in [0.3, 0.4) is 0 Å². The van der Waals surface area contributed by atoms with Crippen LogP contribution in [0.25, 0.3) is 0 Å². The van der Waals surface area contributed by atoms with Gasteiger partial charge in [0.25, 0.3) is 10.0 Å². The molecule has 0 aromatic heterocycles. The fraction of sp³-hybridized carbons (Fsp3) is 0.208. The number of rotatable bonds is 8. The predicted octanol–water partition coefficient (Wildman–Crippen LogP) is 4.51. The molecule has 0 radical (unpaired) electrons. The zero-order valence-electron chi connectivity index (χ0n) is 17.5. The number of halogens is 1. The van der Waals surface area contributed by atoms with E-state index in [1.165, 1.54) is 0 Å². The molecule has 3 aromatic carbocycles. The molecule has 0 aliphatic rings. The van der Waals surface area contributed by atoms with E-state index in [4.69, 9.17) is 11.6 Å². The maximum Gasteiger partial charge on any atom is 0.264 e. The highest BCUT2D eigenvalue weighted by Gasteiger charge is 2.27. The first-order valence-corrected chi connectivity index (χ1v) is 11.7. The number of sulfonamides is 1. The predicted molar refractivity (Wildman–Crippen MR) is 125 cm³/mol. The molecule has 0 aliphatic heterocycles. The van der Waals surface area contributed by atoms with Gasteiger partial charge in [0.2, 0.25) is 5.91 Å². The van der Waals surface area contributed by atoms with E-state index in [1.807, 2.05) is 38.1 Å². The van der Waals surface area contributed by atoms with Gasteiger partial charge >= 0.3 is 0 Å². The maximum absolute atomic E-state index is 13.3. The van der Waals surface area contributed by atoms with Crippen molar-refractivity contribution in [2.75, 3.05) is 17.4 Å². The van der Waals surface area contributed by atoms with Crippen molar-refractivity contribution in [3.63, 3.8) is 0 Å². The summed E-state index contributed by atoms with van der Waals surface area (Å²) in [5.41, 5.74) is 3.44. The Kier molecular flexibility index (Phi) is 7.36. The van der Waals surface area contributed by atoms with Gasteiger partial charge in [0.15, 0.2) is 0 Å². The molecular weight excluding hydrogens is 432 g/mol. The fourth-order valence-corrected chi connectivity index (χ4v) is 4.59. The van der Waals surface area contributed by atoms with Crippen LogP contribution in [-0.2, 0) is 21.2 Å². The van der Waals surface area contributed by atoms with E-state index >= 15 is 0 Å². The van der Waals surface area contributed by atoms with Crippen molar-refractivity contribution in [2.24, 2.45) is 0 Å². The topological polar surface area (TPSA) is 66.5 Å². The van der Waals surface area contributed by atoms with Gasteiger partial charge in [0.05, 0.1) is 10.6 Å². The second-order valence-electron chi connectivity index (χ2n) is 7.39. The van der Waals surface area contributed by atoms with E-state index in [-0.39, 0.29) is 17.3 Å². The highest BCUT2D eigenvalue weighted by molar-refractivity contribution is 7.92. The monoisotopic (exact) mass is 456 g/mol. The molecule has 0 fully saturated rings. The average molecular weight is 457 g/mol. The van der Waals surface area contributed by atoms with Crippen LogP contribution in [0.1, 0.15) is 16.7 Å². The zero-order valence-corrected chi connectivity index (χ0v) is 19.1. The molecule has 162 valence electrons. The molecule has 0 spiro atoms. The Morgan fingerprint density at radius 1 is 0.871 bits per heavy atom. The smallest absolute Gasteiger partial charge is 0.264 e. The number of amides is 1. The summed E-state index contributed by atoms with van der Waals surface area (Å²) < 4.78 is 27.8. The summed E-state index contributed by atoms with van der Waals surface area (Å²) in [5.74, 6) is -0.370. The summed E-state index contributed by atoms with van der Waals surface area (Å²) in [4.78, 5) is 12.8. The Labute approximate surface area is 188 Å². The van der Waals surface area contributed by atoms with Crippen molar-refractivity contribution in [2.45, 2.75) is 25.2 Å². The molecule has 0 unspecified atom stereocenters. The van der Waals surface area contributed by atoms with Crippen LogP contribution in [0.15, 0.2) is 77.7 Å². The van der Waals surface area contributed by atoms with Crippen molar-refractivity contribution < 1.29 is 13.2 Å². The molecule has 1 N–H and O–H groups in total. The molecular formula is C24H25ClN2O3S. The molecule has 5 nitrogen and oxygen atoms in total. The number of hydrogen-bond acceptors (Lipinski definition) is 3. The standard InChI is InChI=1S/C24H25ClN2O3S/c1-18-3-11-22(12-4-18)27(31(29,30)23-13-5-19(2)6-14-23)17-24(28)26-16-15-20-7-9-21(25)10-8-20/h3-14H,15-17H2,1-2H3,(H,26,28). The van der Waals surface area contributed by atoms with Gasteiger partial charge in [-0.3, -0.25) is 9.10 Å². The van der Waals surface area contributed by atoms with Gasteiger partial charge in [-0.2, -0.15) is 0 Å². The van der Waals surface area contributed by atoms with Crippen LogP contribution in [0, 0.1) is 13.8 Å². The van der Waals surface area contributed by atoms with E-state index in [0.29, 0.717) is 23.7 Å². The first kappa shape index (κ1) is 22.8. The molecule has 0 bridgehead atoms. The van der Waals surface area contributed by atoms with Crippen LogP contribution in [0.2, 0.25) is 5.02 Å². The first-order valence-electron chi connectivity index (χ1n) is 9.93. The van der Waals surface area contributed by atoms with E-state index in [2.05, 4.69) is 5.32 Å². The summed E-state index contributed by atoms with van der Waals surface area (Å²) >= 11 is 5.89. The number of benzene rings is 3. The fourth-order valence-electron chi connectivity index (χ4n) is 3.05. The number of hydrogen-bond donors (Lipinski definition) is 1. The van der Waals surface area contributed by atoms with Gasteiger partial charge in [-0.15, -0.1) is 0 Å². The molecule has 1 amide bonds. The highest BCUT2D eigenvalue weighted by Crippen LogP contribution is 2.24. The molecule has 3 rings (SSSR count).